The second-order valence-corrected chi connectivity index (χ2v) is 8.44. The van der Waals surface area contributed by atoms with Crippen molar-refractivity contribution in [2.75, 3.05) is 20.0 Å². The molecule has 0 bridgehead atoms. The van der Waals surface area contributed by atoms with Crippen LogP contribution in [0.25, 0.3) is 0 Å². The Balaban J connectivity index is 0. The van der Waals surface area contributed by atoms with Crippen molar-refractivity contribution in [1.29, 1.82) is 0 Å². The van der Waals surface area contributed by atoms with Crippen LogP contribution in [-0.2, 0) is 14.3 Å². The van der Waals surface area contributed by atoms with Crippen LogP contribution in [0.15, 0.2) is 0 Å². The molecule has 0 aliphatic heterocycles. The van der Waals surface area contributed by atoms with Gasteiger partial charge in [-0.1, -0.05) is 96.8 Å². The summed E-state index contributed by atoms with van der Waals surface area (Å²) in [6.45, 7) is 2.76. The van der Waals surface area contributed by atoms with Crippen molar-refractivity contribution in [2.45, 2.75) is 123 Å². The molecule has 3 N–H and O–H groups in total. The molecule has 1 atom stereocenters. The van der Waals surface area contributed by atoms with Crippen LogP contribution in [0.4, 0.5) is 0 Å². The zero-order valence-electron chi connectivity index (χ0n) is 20.5. The van der Waals surface area contributed by atoms with E-state index in [0.717, 1.165) is 24.2 Å². The van der Waals surface area contributed by atoms with Gasteiger partial charge in [-0.3, -0.25) is 9.59 Å². The second kappa shape index (κ2) is 24.7. The molecule has 0 saturated heterocycles. The molecule has 0 spiro atoms. The molecule has 0 rings (SSSR count). The summed E-state index contributed by atoms with van der Waals surface area (Å²) in [5.41, 5.74) is 0. The lowest BCUT2D eigenvalue weighted by Crippen LogP contribution is -2.40. The van der Waals surface area contributed by atoms with Crippen LogP contribution in [0.3, 0.4) is 0 Å². The van der Waals surface area contributed by atoms with Gasteiger partial charge >= 0.3 is 5.97 Å². The van der Waals surface area contributed by atoms with E-state index in [4.69, 9.17) is 14.9 Å². The fourth-order valence-electron chi connectivity index (χ4n) is 3.50. The van der Waals surface area contributed by atoms with Crippen molar-refractivity contribution in [1.82, 2.24) is 10.2 Å². The number of carbonyl (C=O) groups excluding carboxylic acids is 2. The van der Waals surface area contributed by atoms with E-state index in [1.807, 2.05) is 0 Å². The highest BCUT2D eigenvalue weighted by atomic mass is 35.5. The number of carbonyl (C=O) groups is 2. The standard InChI is InChI=1S/C24H48N2O5.ClH/c1-3-4-5-6-7-8-9-10-11-12-13-14-15-16-17-18-23(29)25-19-24(30)31-22(2)26(20-27)21-28;/h22,27-28H,3-21H2,1-2H3,(H,25,29);1H. The lowest BCUT2D eigenvalue weighted by molar-refractivity contribution is -0.165. The Hall–Kier alpha value is -0.890. The minimum absolute atomic E-state index is 0. The summed E-state index contributed by atoms with van der Waals surface area (Å²) >= 11 is 0. The number of rotatable bonds is 22. The summed E-state index contributed by atoms with van der Waals surface area (Å²) < 4.78 is 5.03. The number of nitrogens with one attached hydrogen (secondary N) is 1. The van der Waals surface area contributed by atoms with E-state index in [1.165, 1.54) is 77.0 Å². The van der Waals surface area contributed by atoms with Gasteiger partial charge in [0.15, 0.2) is 6.23 Å². The number of esters is 1. The molecule has 0 saturated carbocycles. The predicted molar refractivity (Wildman–Crippen MR) is 131 cm³/mol. The molecule has 0 aromatic carbocycles. The number of halogens is 1. The highest BCUT2D eigenvalue weighted by Crippen LogP contribution is 2.13. The molecule has 1 unspecified atom stereocenters. The molecule has 32 heavy (non-hydrogen) atoms. The Morgan fingerprint density at radius 3 is 1.59 bits per heavy atom. The number of unbranched alkanes of at least 4 members (excludes halogenated alkanes) is 14. The van der Waals surface area contributed by atoms with Crippen LogP contribution in [0.1, 0.15) is 117 Å². The van der Waals surface area contributed by atoms with Gasteiger partial charge in [-0.2, -0.15) is 0 Å². The van der Waals surface area contributed by atoms with Gasteiger partial charge in [-0.05, 0) is 13.3 Å². The third-order valence-corrected chi connectivity index (χ3v) is 5.62. The zero-order chi connectivity index (χ0) is 23.2. The molecular weight excluding hydrogens is 432 g/mol. The number of amides is 1. The van der Waals surface area contributed by atoms with E-state index in [2.05, 4.69) is 12.2 Å². The first kappa shape index (κ1) is 33.3. The molecular formula is C24H49ClN2O5. The summed E-state index contributed by atoms with van der Waals surface area (Å²) in [5, 5.41) is 20.5. The van der Waals surface area contributed by atoms with Crippen molar-refractivity contribution in [3.8, 4) is 0 Å². The molecule has 0 fully saturated rings. The number of aliphatic hydroxyl groups excluding tert-OH is 2. The predicted octanol–water partition coefficient (Wildman–Crippen LogP) is 4.88. The molecule has 192 valence electrons. The Morgan fingerprint density at radius 2 is 1.19 bits per heavy atom. The monoisotopic (exact) mass is 480 g/mol. The first-order valence-corrected chi connectivity index (χ1v) is 12.5. The third kappa shape index (κ3) is 21.0. The van der Waals surface area contributed by atoms with Gasteiger partial charge in [0, 0.05) is 6.42 Å². The van der Waals surface area contributed by atoms with E-state index < -0.39 is 25.7 Å². The largest absolute Gasteiger partial charge is 0.445 e. The maximum absolute atomic E-state index is 11.8. The summed E-state index contributed by atoms with van der Waals surface area (Å²) in [4.78, 5) is 24.6. The second-order valence-electron chi connectivity index (χ2n) is 8.44. The van der Waals surface area contributed by atoms with Gasteiger partial charge < -0.3 is 20.3 Å². The molecule has 0 aromatic heterocycles. The van der Waals surface area contributed by atoms with Crippen LogP contribution < -0.4 is 5.32 Å². The molecule has 0 heterocycles. The number of aliphatic hydroxyl groups is 2. The van der Waals surface area contributed by atoms with Crippen LogP contribution in [0, 0.1) is 0 Å². The smallest absolute Gasteiger partial charge is 0.326 e. The van der Waals surface area contributed by atoms with Crippen LogP contribution in [0.2, 0.25) is 0 Å². The molecule has 8 heteroatoms. The molecule has 0 aromatic rings. The van der Waals surface area contributed by atoms with Crippen molar-refractivity contribution >= 4 is 24.3 Å². The number of ether oxygens (including phenoxy) is 1. The van der Waals surface area contributed by atoms with Gasteiger partial charge in [0.25, 0.3) is 0 Å². The quantitative estimate of drug-likeness (QED) is 0.116. The normalized spacial score (nSPS) is 11.8. The number of nitrogens with zero attached hydrogens (tertiary/aromatic N) is 1. The fourth-order valence-corrected chi connectivity index (χ4v) is 3.50. The van der Waals surface area contributed by atoms with E-state index >= 15 is 0 Å². The fraction of sp³-hybridized carbons (Fsp3) is 0.917. The van der Waals surface area contributed by atoms with E-state index in [-0.39, 0.29) is 24.9 Å². The first-order valence-electron chi connectivity index (χ1n) is 12.5. The molecule has 0 aliphatic carbocycles. The summed E-state index contributed by atoms with van der Waals surface area (Å²) in [5.74, 6) is -0.746. The van der Waals surface area contributed by atoms with E-state index in [0.29, 0.717) is 6.42 Å². The van der Waals surface area contributed by atoms with Crippen LogP contribution in [0.5, 0.6) is 0 Å². The Morgan fingerprint density at radius 1 is 0.781 bits per heavy atom. The summed E-state index contributed by atoms with van der Waals surface area (Å²) in [6.07, 6.45) is 18.9. The SMILES string of the molecule is CCCCCCCCCCCCCCCCCC(=O)NCC(=O)OC(C)N(CO)CO.Cl. The Labute approximate surface area is 202 Å². The minimum Gasteiger partial charge on any atom is -0.445 e. The van der Waals surface area contributed by atoms with Crippen molar-refractivity contribution in [2.24, 2.45) is 0 Å². The molecule has 7 nitrogen and oxygen atoms in total. The van der Waals surface area contributed by atoms with Crippen molar-refractivity contribution in [3.63, 3.8) is 0 Å². The zero-order valence-corrected chi connectivity index (χ0v) is 21.3. The number of hydrogen-bond donors (Lipinski definition) is 3. The maximum atomic E-state index is 11.8. The summed E-state index contributed by atoms with van der Waals surface area (Å²) in [6, 6.07) is 0. The maximum Gasteiger partial charge on any atom is 0.326 e. The van der Waals surface area contributed by atoms with Gasteiger partial charge in [-0.25, -0.2) is 4.90 Å². The third-order valence-electron chi connectivity index (χ3n) is 5.62. The van der Waals surface area contributed by atoms with Crippen LogP contribution >= 0.6 is 12.4 Å². The lowest BCUT2D eigenvalue weighted by Gasteiger charge is -2.24. The van der Waals surface area contributed by atoms with Crippen molar-refractivity contribution < 1.29 is 24.5 Å². The average molecular weight is 481 g/mol. The van der Waals surface area contributed by atoms with E-state index in [9.17, 15) is 9.59 Å². The molecule has 0 aliphatic rings. The topological polar surface area (TPSA) is 99.1 Å². The lowest BCUT2D eigenvalue weighted by atomic mass is 10.0. The first-order chi connectivity index (χ1) is 15.0. The molecule has 1 amide bonds. The van der Waals surface area contributed by atoms with Gasteiger partial charge in [-0.15, -0.1) is 12.4 Å². The van der Waals surface area contributed by atoms with Gasteiger partial charge in [0.05, 0.1) is 0 Å². The van der Waals surface area contributed by atoms with Crippen LogP contribution in [-0.4, -0.2) is 53.2 Å². The highest BCUT2D eigenvalue weighted by Gasteiger charge is 2.16. The Bertz CT molecular complexity index is 437. The van der Waals surface area contributed by atoms with E-state index in [1.54, 1.807) is 6.92 Å². The highest BCUT2D eigenvalue weighted by molar-refractivity contribution is 5.85. The minimum atomic E-state index is -0.755. The number of hydrogen-bond acceptors (Lipinski definition) is 6. The molecule has 0 radical (unpaired) electrons. The average Bonchev–Trinajstić information content (AvgIpc) is 2.75. The van der Waals surface area contributed by atoms with Crippen molar-refractivity contribution in [3.05, 3.63) is 0 Å². The van der Waals surface area contributed by atoms with Gasteiger partial charge in [0.2, 0.25) is 5.91 Å². The summed E-state index contributed by atoms with van der Waals surface area (Å²) in [7, 11) is 0. The van der Waals surface area contributed by atoms with Gasteiger partial charge in [0.1, 0.15) is 20.0 Å². The Kier molecular flexibility index (Phi) is 25.7.